The van der Waals surface area contributed by atoms with Crippen LogP contribution in [0.25, 0.3) is 0 Å². The Labute approximate surface area is 115 Å². The summed E-state index contributed by atoms with van der Waals surface area (Å²) >= 11 is 0. The fourth-order valence-electron chi connectivity index (χ4n) is 1.76. The van der Waals surface area contributed by atoms with Gasteiger partial charge < -0.3 is 4.72 Å². The van der Waals surface area contributed by atoms with E-state index in [1.807, 2.05) is 32.0 Å². The van der Waals surface area contributed by atoms with Crippen LogP contribution in [-0.4, -0.2) is 4.21 Å². The molecule has 1 N–H and O–H groups in total. The first kappa shape index (κ1) is 13.7. The molecule has 1 unspecified atom stereocenters. The van der Waals surface area contributed by atoms with Gasteiger partial charge in [-0.3, -0.25) is 0 Å². The molecule has 0 saturated heterocycles. The average Bonchev–Trinajstić information content (AvgIpc) is 2.37. The van der Waals surface area contributed by atoms with E-state index in [2.05, 4.69) is 4.72 Å². The molecule has 0 spiro atoms. The van der Waals surface area contributed by atoms with E-state index in [-0.39, 0.29) is 4.90 Å². The summed E-state index contributed by atoms with van der Waals surface area (Å²) in [4.78, 5) is 0.181. The molecule has 0 fully saturated rings. The van der Waals surface area contributed by atoms with Crippen molar-refractivity contribution >= 4 is 16.7 Å². The van der Waals surface area contributed by atoms with Crippen LogP contribution in [0.5, 0.6) is 0 Å². The van der Waals surface area contributed by atoms with Crippen molar-refractivity contribution in [3.63, 3.8) is 0 Å². The molecule has 0 bridgehead atoms. The molecular weight excluding hydrogens is 261 g/mol. The first-order valence-corrected chi connectivity index (χ1v) is 7.15. The molecule has 19 heavy (non-hydrogen) atoms. The summed E-state index contributed by atoms with van der Waals surface area (Å²) in [6.07, 6.45) is 0. The Hall–Kier alpha value is -1.68. The average molecular weight is 277 g/mol. The van der Waals surface area contributed by atoms with Crippen LogP contribution in [0, 0.1) is 26.6 Å². The van der Waals surface area contributed by atoms with E-state index in [0.29, 0.717) is 5.56 Å². The van der Waals surface area contributed by atoms with Crippen LogP contribution in [0.3, 0.4) is 0 Å². The van der Waals surface area contributed by atoms with Crippen LogP contribution in [0.1, 0.15) is 16.7 Å². The van der Waals surface area contributed by atoms with Crippen LogP contribution < -0.4 is 4.72 Å². The van der Waals surface area contributed by atoms with Crippen LogP contribution in [0.15, 0.2) is 41.3 Å². The smallest absolute Gasteiger partial charge is 0.153 e. The summed E-state index contributed by atoms with van der Waals surface area (Å²) in [6.45, 7) is 5.54. The summed E-state index contributed by atoms with van der Waals surface area (Å²) in [5, 5.41) is 0. The molecule has 0 saturated carbocycles. The molecule has 0 heterocycles. The lowest BCUT2D eigenvalue weighted by Gasteiger charge is -2.11. The lowest BCUT2D eigenvalue weighted by atomic mass is 10.1. The summed E-state index contributed by atoms with van der Waals surface area (Å²) in [6, 6.07) is 10.7. The number of aryl methyl sites for hydroxylation is 3. The van der Waals surface area contributed by atoms with Crippen LogP contribution in [0.4, 0.5) is 10.1 Å². The minimum absolute atomic E-state index is 0.181. The molecule has 0 aliphatic heterocycles. The van der Waals surface area contributed by atoms with Crippen molar-refractivity contribution < 1.29 is 8.60 Å². The van der Waals surface area contributed by atoms with Crippen LogP contribution in [-0.2, 0) is 11.0 Å². The van der Waals surface area contributed by atoms with Gasteiger partial charge in [0.1, 0.15) is 5.82 Å². The van der Waals surface area contributed by atoms with E-state index in [1.54, 1.807) is 19.1 Å². The normalized spacial score (nSPS) is 12.2. The predicted octanol–water partition coefficient (Wildman–Crippen LogP) is 3.89. The van der Waals surface area contributed by atoms with Crippen LogP contribution in [0.2, 0.25) is 0 Å². The molecule has 0 amide bonds. The molecule has 100 valence electrons. The fourth-order valence-corrected chi connectivity index (χ4v) is 2.82. The molecule has 2 rings (SSSR count). The fraction of sp³-hybridized carbons (Fsp3) is 0.200. The van der Waals surface area contributed by atoms with Gasteiger partial charge in [0.15, 0.2) is 11.0 Å². The lowest BCUT2D eigenvalue weighted by Crippen LogP contribution is -2.08. The maximum Gasteiger partial charge on any atom is 0.153 e. The third-order valence-electron chi connectivity index (χ3n) is 2.95. The highest BCUT2D eigenvalue weighted by molar-refractivity contribution is 7.86. The highest BCUT2D eigenvalue weighted by Crippen LogP contribution is 2.21. The Morgan fingerprint density at radius 2 is 1.79 bits per heavy atom. The highest BCUT2D eigenvalue weighted by Gasteiger charge is 2.12. The summed E-state index contributed by atoms with van der Waals surface area (Å²) in [5.74, 6) is -0.418. The molecule has 1 atom stereocenters. The molecule has 2 nitrogen and oxygen atoms in total. The van der Waals surface area contributed by atoms with Crippen molar-refractivity contribution in [2.75, 3.05) is 4.72 Å². The van der Waals surface area contributed by atoms with Gasteiger partial charge in [0, 0.05) is 5.69 Å². The number of nitrogens with one attached hydrogen (secondary N) is 1. The SMILES string of the molecule is Cc1ccc(C)c(NS(=O)c2cccc(C)c2F)c1. The minimum atomic E-state index is -1.60. The van der Waals surface area contributed by atoms with Gasteiger partial charge in [-0.05, 0) is 49.6 Å². The van der Waals surface area contributed by atoms with Crippen molar-refractivity contribution in [3.8, 4) is 0 Å². The zero-order valence-corrected chi connectivity index (χ0v) is 12.0. The zero-order valence-electron chi connectivity index (χ0n) is 11.2. The van der Waals surface area contributed by atoms with E-state index in [4.69, 9.17) is 0 Å². The predicted molar refractivity (Wildman–Crippen MR) is 77.1 cm³/mol. The number of benzene rings is 2. The molecule has 0 radical (unpaired) electrons. The molecule has 4 heteroatoms. The Balaban J connectivity index is 2.31. The van der Waals surface area contributed by atoms with Gasteiger partial charge in [-0.15, -0.1) is 0 Å². The van der Waals surface area contributed by atoms with E-state index in [1.165, 1.54) is 6.07 Å². The quantitative estimate of drug-likeness (QED) is 0.906. The third-order valence-corrected chi connectivity index (χ3v) is 4.07. The van der Waals surface area contributed by atoms with Gasteiger partial charge in [0.05, 0.1) is 4.90 Å². The van der Waals surface area contributed by atoms with Crippen LogP contribution >= 0.6 is 0 Å². The van der Waals surface area contributed by atoms with Gasteiger partial charge in [0.25, 0.3) is 0 Å². The van der Waals surface area contributed by atoms with Gasteiger partial charge in [-0.1, -0.05) is 24.3 Å². The summed E-state index contributed by atoms with van der Waals surface area (Å²) < 4.78 is 29.0. The standard InChI is InChI=1S/C15H16FNOS/c1-10-7-8-11(2)13(9-10)17-19(18)14-6-4-5-12(3)15(14)16/h4-9,17H,1-3H3. The minimum Gasteiger partial charge on any atom is -0.301 e. The van der Waals surface area contributed by atoms with Gasteiger partial charge in [-0.25, -0.2) is 8.60 Å². The third kappa shape index (κ3) is 3.01. The van der Waals surface area contributed by atoms with Crippen molar-refractivity contribution in [3.05, 3.63) is 58.9 Å². The molecule has 2 aromatic carbocycles. The molecular formula is C15H16FNOS. The largest absolute Gasteiger partial charge is 0.301 e. The Kier molecular flexibility index (Phi) is 4.00. The van der Waals surface area contributed by atoms with Gasteiger partial charge >= 0.3 is 0 Å². The number of anilines is 1. The second-order valence-corrected chi connectivity index (χ2v) is 5.76. The summed E-state index contributed by atoms with van der Waals surface area (Å²) in [7, 11) is -1.60. The maximum atomic E-state index is 13.9. The van der Waals surface area contributed by atoms with Crippen molar-refractivity contribution in [1.29, 1.82) is 0 Å². The Bertz CT molecular complexity index is 640. The van der Waals surface area contributed by atoms with E-state index >= 15 is 0 Å². The second kappa shape index (κ2) is 5.53. The molecule has 2 aromatic rings. The Morgan fingerprint density at radius 1 is 1.05 bits per heavy atom. The monoisotopic (exact) mass is 277 g/mol. The van der Waals surface area contributed by atoms with Gasteiger partial charge in [-0.2, -0.15) is 0 Å². The molecule has 0 aliphatic carbocycles. The second-order valence-electron chi connectivity index (χ2n) is 4.58. The number of halogens is 1. The Morgan fingerprint density at radius 3 is 2.53 bits per heavy atom. The lowest BCUT2D eigenvalue weighted by molar-refractivity contribution is 0.587. The number of hydrogen-bond acceptors (Lipinski definition) is 1. The molecule has 0 aromatic heterocycles. The van der Waals surface area contributed by atoms with Crippen molar-refractivity contribution in [1.82, 2.24) is 0 Å². The summed E-state index contributed by atoms with van der Waals surface area (Å²) in [5.41, 5.74) is 3.30. The van der Waals surface area contributed by atoms with Crippen molar-refractivity contribution in [2.45, 2.75) is 25.7 Å². The van der Waals surface area contributed by atoms with E-state index in [0.717, 1.165) is 16.8 Å². The van der Waals surface area contributed by atoms with Gasteiger partial charge in [0.2, 0.25) is 0 Å². The molecule has 0 aliphatic rings. The first-order chi connectivity index (χ1) is 8.99. The highest BCUT2D eigenvalue weighted by atomic mass is 32.2. The van der Waals surface area contributed by atoms with E-state index < -0.39 is 16.8 Å². The number of rotatable bonds is 3. The number of hydrogen-bond donors (Lipinski definition) is 1. The van der Waals surface area contributed by atoms with E-state index in [9.17, 15) is 8.60 Å². The van der Waals surface area contributed by atoms with Crippen molar-refractivity contribution in [2.24, 2.45) is 0 Å². The maximum absolute atomic E-state index is 13.9. The topological polar surface area (TPSA) is 29.1 Å². The zero-order chi connectivity index (χ0) is 14.0. The first-order valence-electron chi connectivity index (χ1n) is 6.00.